The second-order valence-electron chi connectivity index (χ2n) is 3.35. The van der Waals surface area contributed by atoms with Gasteiger partial charge >= 0.3 is 5.97 Å². The van der Waals surface area contributed by atoms with Crippen molar-refractivity contribution in [1.82, 2.24) is 5.32 Å². The molecule has 80 valence electrons. The molecule has 1 unspecified atom stereocenters. The molecular weight excluding hydrogens is 210 g/mol. The summed E-state index contributed by atoms with van der Waals surface area (Å²) in [5, 5.41) is 11.0. The van der Waals surface area contributed by atoms with E-state index in [0.717, 1.165) is 0 Å². The van der Waals surface area contributed by atoms with Crippen molar-refractivity contribution < 1.29 is 23.1 Å². The van der Waals surface area contributed by atoms with Crippen LogP contribution >= 0.6 is 0 Å². The van der Waals surface area contributed by atoms with Crippen molar-refractivity contribution >= 4 is 22.2 Å². The van der Waals surface area contributed by atoms with Crippen LogP contribution in [-0.2, 0) is 19.4 Å². The van der Waals surface area contributed by atoms with Crippen LogP contribution in [0, 0.1) is 0 Å². The van der Waals surface area contributed by atoms with Crippen molar-refractivity contribution in [2.24, 2.45) is 0 Å². The average Bonchev–Trinajstić information content (AvgIpc) is 2.02. The van der Waals surface area contributed by atoms with E-state index in [1.807, 2.05) is 0 Å². The van der Waals surface area contributed by atoms with E-state index in [2.05, 4.69) is 5.32 Å². The number of hydrogen-bond acceptors (Lipinski definition) is 4. The summed E-state index contributed by atoms with van der Waals surface area (Å²) in [5.41, 5.74) is -1.63. The van der Waals surface area contributed by atoms with Gasteiger partial charge in [0.05, 0.1) is 11.5 Å². The Bertz CT molecular complexity index is 349. The van der Waals surface area contributed by atoms with Gasteiger partial charge in [-0.15, -0.1) is 0 Å². The molecule has 0 aromatic heterocycles. The highest BCUT2D eigenvalue weighted by atomic mass is 32.2. The lowest BCUT2D eigenvalue weighted by molar-refractivity contribution is -0.145. The number of aliphatic carboxylic acids is 1. The fourth-order valence-corrected chi connectivity index (χ4v) is 3.40. The molecular formula is C7H11NO5S. The predicted molar refractivity (Wildman–Crippen MR) is 47.5 cm³/mol. The Balaban J connectivity index is 2.98. The number of carbonyl (C=O) groups is 2. The second-order valence-corrected chi connectivity index (χ2v) is 5.53. The van der Waals surface area contributed by atoms with Crippen LogP contribution in [0.4, 0.5) is 0 Å². The summed E-state index contributed by atoms with van der Waals surface area (Å²) in [5.74, 6) is -1.83. The molecule has 0 aliphatic carbocycles. The molecule has 0 saturated carbocycles. The van der Waals surface area contributed by atoms with E-state index in [9.17, 15) is 18.0 Å². The number of rotatable bonds is 3. The quantitative estimate of drug-likeness (QED) is 0.581. The van der Waals surface area contributed by atoms with Crippen molar-refractivity contribution in [2.45, 2.75) is 18.4 Å². The van der Waals surface area contributed by atoms with E-state index in [1.54, 1.807) is 0 Å². The third-order valence-electron chi connectivity index (χ3n) is 2.27. The van der Waals surface area contributed by atoms with Crippen molar-refractivity contribution in [3.63, 3.8) is 0 Å². The van der Waals surface area contributed by atoms with E-state index < -0.39 is 27.1 Å². The van der Waals surface area contributed by atoms with Crippen molar-refractivity contribution in [1.29, 1.82) is 0 Å². The summed E-state index contributed by atoms with van der Waals surface area (Å²) in [6.45, 7) is 0. The maximum absolute atomic E-state index is 11.2. The molecule has 6 nitrogen and oxygen atoms in total. The molecule has 1 atom stereocenters. The zero-order valence-corrected chi connectivity index (χ0v) is 8.21. The van der Waals surface area contributed by atoms with E-state index in [4.69, 9.17) is 5.11 Å². The van der Waals surface area contributed by atoms with Crippen molar-refractivity contribution in [2.75, 3.05) is 11.5 Å². The molecule has 0 aromatic carbocycles. The van der Waals surface area contributed by atoms with E-state index >= 15 is 0 Å². The van der Waals surface area contributed by atoms with Gasteiger partial charge in [-0.05, 0) is 12.8 Å². The zero-order valence-electron chi connectivity index (χ0n) is 7.39. The van der Waals surface area contributed by atoms with Gasteiger partial charge in [-0.2, -0.15) is 0 Å². The maximum atomic E-state index is 11.2. The highest BCUT2D eigenvalue weighted by Crippen LogP contribution is 2.22. The summed E-state index contributed by atoms with van der Waals surface area (Å²) in [6.07, 6.45) is 0.644. The first-order valence-electron chi connectivity index (χ1n) is 4.07. The lowest BCUT2D eigenvalue weighted by atomic mass is 9.96. The zero-order chi connectivity index (χ0) is 10.8. The Morgan fingerprint density at radius 1 is 1.50 bits per heavy atom. The van der Waals surface area contributed by atoms with Crippen LogP contribution in [0.1, 0.15) is 12.8 Å². The lowest BCUT2D eigenvalue weighted by Gasteiger charge is -2.31. The van der Waals surface area contributed by atoms with Gasteiger partial charge in [0.25, 0.3) is 0 Å². The summed E-state index contributed by atoms with van der Waals surface area (Å²) in [4.78, 5) is 21.1. The molecule has 1 heterocycles. The smallest absolute Gasteiger partial charge is 0.330 e. The number of carboxylic acids is 1. The molecule has 0 bridgehead atoms. The summed E-state index contributed by atoms with van der Waals surface area (Å²) < 4.78 is 22.5. The molecule has 1 aliphatic heterocycles. The standard InChI is InChI=1S/C7H11NO5S/c9-5-8-7(6(10)11)2-1-3-14(12,13)4-7/h5H,1-4H2,(H,8,9)(H,10,11). The highest BCUT2D eigenvalue weighted by Gasteiger charge is 2.45. The number of amides is 1. The molecule has 7 heteroatoms. The SMILES string of the molecule is O=CNC1(C(=O)O)CCCS(=O)(=O)C1. The number of hydrogen-bond donors (Lipinski definition) is 2. The minimum absolute atomic E-state index is 0.0113. The van der Waals surface area contributed by atoms with Gasteiger partial charge in [0, 0.05) is 0 Å². The first kappa shape index (κ1) is 11.0. The first-order valence-corrected chi connectivity index (χ1v) is 5.89. The molecule has 1 rings (SSSR count). The van der Waals surface area contributed by atoms with Gasteiger partial charge in [0.2, 0.25) is 6.41 Å². The Morgan fingerprint density at radius 3 is 2.57 bits per heavy atom. The topological polar surface area (TPSA) is 101 Å². The first-order chi connectivity index (χ1) is 6.42. The molecule has 2 N–H and O–H groups in total. The fourth-order valence-electron chi connectivity index (χ4n) is 1.57. The average molecular weight is 221 g/mol. The molecule has 1 amide bonds. The van der Waals surface area contributed by atoms with E-state index in [1.165, 1.54) is 0 Å². The molecule has 1 aliphatic rings. The molecule has 0 spiro atoms. The summed E-state index contributed by atoms with van der Waals surface area (Å²) in [6, 6.07) is 0. The summed E-state index contributed by atoms with van der Waals surface area (Å²) in [7, 11) is -3.36. The Morgan fingerprint density at radius 2 is 2.14 bits per heavy atom. The number of carboxylic acid groups (broad SMARTS) is 1. The van der Waals surface area contributed by atoms with Crippen LogP contribution in [0.25, 0.3) is 0 Å². The van der Waals surface area contributed by atoms with Crippen LogP contribution in [-0.4, -0.2) is 42.9 Å². The Hall–Kier alpha value is -1.11. The van der Waals surface area contributed by atoms with Gasteiger partial charge in [0.1, 0.15) is 0 Å². The predicted octanol–water partition coefficient (Wildman–Crippen LogP) is -1.24. The van der Waals surface area contributed by atoms with E-state index in [0.29, 0.717) is 0 Å². The largest absolute Gasteiger partial charge is 0.479 e. The fraction of sp³-hybridized carbons (Fsp3) is 0.714. The maximum Gasteiger partial charge on any atom is 0.330 e. The van der Waals surface area contributed by atoms with Crippen molar-refractivity contribution in [3.05, 3.63) is 0 Å². The molecule has 1 fully saturated rings. The molecule has 0 aromatic rings. The second kappa shape index (κ2) is 3.56. The van der Waals surface area contributed by atoms with Gasteiger partial charge in [-0.25, -0.2) is 13.2 Å². The molecule has 1 saturated heterocycles. The minimum Gasteiger partial charge on any atom is -0.479 e. The Kier molecular flexibility index (Phi) is 2.79. The minimum atomic E-state index is -3.36. The number of carbonyl (C=O) groups excluding carboxylic acids is 1. The van der Waals surface area contributed by atoms with Gasteiger partial charge in [0.15, 0.2) is 15.4 Å². The van der Waals surface area contributed by atoms with Gasteiger partial charge < -0.3 is 10.4 Å². The normalized spacial score (nSPS) is 30.6. The lowest BCUT2D eigenvalue weighted by Crippen LogP contribution is -2.58. The van der Waals surface area contributed by atoms with Gasteiger partial charge in [-0.3, -0.25) is 4.79 Å². The van der Waals surface area contributed by atoms with Crippen LogP contribution in [0.15, 0.2) is 0 Å². The summed E-state index contributed by atoms with van der Waals surface area (Å²) >= 11 is 0. The molecule has 14 heavy (non-hydrogen) atoms. The monoisotopic (exact) mass is 221 g/mol. The van der Waals surface area contributed by atoms with Crippen LogP contribution in [0.2, 0.25) is 0 Å². The van der Waals surface area contributed by atoms with Gasteiger partial charge in [-0.1, -0.05) is 0 Å². The highest BCUT2D eigenvalue weighted by molar-refractivity contribution is 7.91. The van der Waals surface area contributed by atoms with Crippen LogP contribution in [0.3, 0.4) is 0 Å². The van der Waals surface area contributed by atoms with Crippen LogP contribution in [0.5, 0.6) is 0 Å². The van der Waals surface area contributed by atoms with Crippen LogP contribution < -0.4 is 5.32 Å². The number of sulfone groups is 1. The number of nitrogens with one attached hydrogen (secondary N) is 1. The molecule has 0 radical (unpaired) electrons. The Labute approximate surface area is 81.2 Å². The third-order valence-corrected chi connectivity index (χ3v) is 4.11. The van der Waals surface area contributed by atoms with E-state index in [-0.39, 0.29) is 25.0 Å². The van der Waals surface area contributed by atoms with Crippen molar-refractivity contribution in [3.8, 4) is 0 Å². The third kappa shape index (κ3) is 2.03.